The average molecular weight is 294 g/mol. The third-order valence-electron chi connectivity index (χ3n) is 3.30. The molecule has 0 atom stereocenters. The van der Waals surface area contributed by atoms with Gasteiger partial charge in [-0.05, 0) is 36.5 Å². The molecule has 1 aromatic carbocycles. The second-order valence-corrected chi connectivity index (χ2v) is 5.87. The van der Waals surface area contributed by atoms with Crippen LogP contribution in [0.2, 0.25) is 0 Å². The zero-order valence-electron chi connectivity index (χ0n) is 12.6. The summed E-state index contributed by atoms with van der Waals surface area (Å²) < 4.78 is 18.9. The van der Waals surface area contributed by atoms with E-state index >= 15 is 0 Å². The fraction of sp³-hybridized carbons (Fsp3) is 0.562. The molecule has 21 heavy (non-hydrogen) atoms. The Hall–Kier alpha value is -1.62. The number of hydrogen-bond acceptors (Lipinski definition) is 3. The number of amides is 1. The number of nitrogens with one attached hydrogen (secondary N) is 2. The lowest BCUT2D eigenvalue weighted by Crippen LogP contribution is -2.30. The van der Waals surface area contributed by atoms with E-state index in [2.05, 4.69) is 10.6 Å². The molecule has 0 aliphatic heterocycles. The second-order valence-electron chi connectivity index (χ2n) is 5.87. The molecule has 1 aromatic rings. The molecule has 4 nitrogen and oxygen atoms in total. The number of hydrogen-bond donors (Lipinski definition) is 2. The Bertz CT molecular complexity index is 487. The zero-order chi connectivity index (χ0) is 15.2. The maximum atomic E-state index is 13.5. The maximum absolute atomic E-state index is 13.5. The predicted octanol–water partition coefficient (Wildman–Crippen LogP) is 2.23. The van der Waals surface area contributed by atoms with Gasteiger partial charge in [-0.2, -0.15) is 0 Å². The van der Waals surface area contributed by atoms with E-state index in [0.717, 1.165) is 12.1 Å². The summed E-state index contributed by atoms with van der Waals surface area (Å²) in [6.07, 6.45) is 2.38. The van der Waals surface area contributed by atoms with Crippen LogP contribution < -0.4 is 15.4 Å². The van der Waals surface area contributed by atoms with E-state index in [9.17, 15) is 9.18 Å². The van der Waals surface area contributed by atoms with E-state index in [1.54, 1.807) is 6.07 Å². The van der Waals surface area contributed by atoms with Crippen LogP contribution in [0.3, 0.4) is 0 Å². The fourth-order valence-electron chi connectivity index (χ4n) is 1.91. The summed E-state index contributed by atoms with van der Waals surface area (Å²) in [5.41, 5.74) is 0.803. The van der Waals surface area contributed by atoms with Gasteiger partial charge >= 0.3 is 0 Å². The van der Waals surface area contributed by atoms with Crippen molar-refractivity contribution in [1.29, 1.82) is 0 Å². The molecular weight excluding hydrogens is 271 g/mol. The van der Waals surface area contributed by atoms with Gasteiger partial charge in [0.15, 0.2) is 6.61 Å². The monoisotopic (exact) mass is 294 g/mol. The van der Waals surface area contributed by atoms with Crippen molar-refractivity contribution in [3.05, 3.63) is 29.6 Å². The van der Waals surface area contributed by atoms with Gasteiger partial charge in [0.25, 0.3) is 5.91 Å². The fourth-order valence-corrected chi connectivity index (χ4v) is 1.91. The first kappa shape index (κ1) is 15.8. The van der Waals surface area contributed by atoms with E-state index < -0.39 is 0 Å². The number of ether oxygens (including phenoxy) is 1. The van der Waals surface area contributed by atoms with E-state index in [1.165, 1.54) is 25.0 Å². The topological polar surface area (TPSA) is 50.4 Å². The number of carbonyl (C=O) groups is 1. The first-order valence-corrected chi connectivity index (χ1v) is 7.45. The Labute approximate surface area is 125 Å². The Morgan fingerprint density at radius 3 is 2.81 bits per heavy atom. The molecule has 0 spiro atoms. The van der Waals surface area contributed by atoms with Crippen LogP contribution in [0.15, 0.2) is 18.2 Å². The van der Waals surface area contributed by atoms with Crippen molar-refractivity contribution in [2.24, 2.45) is 5.92 Å². The van der Waals surface area contributed by atoms with Crippen LogP contribution in [-0.4, -0.2) is 25.1 Å². The van der Waals surface area contributed by atoms with E-state index in [1.807, 2.05) is 13.8 Å². The lowest BCUT2D eigenvalue weighted by Gasteiger charge is -2.11. The maximum Gasteiger partial charge on any atom is 0.257 e. The van der Waals surface area contributed by atoms with Crippen molar-refractivity contribution in [1.82, 2.24) is 10.6 Å². The highest BCUT2D eigenvalue weighted by Crippen LogP contribution is 2.27. The van der Waals surface area contributed by atoms with Crippen LogP contribution >= 0.6 is 0 Å². The molecule has 1 fully saturated rings. The molecule has 0 heterocycles. The number of carbonyl (C=O) groups excluding carboxylic acids is 1. The quantitative estimate of drug-likeness (QED) is 0.773. The lowest BCUT2D eigenvalue weighted by molar-refractivity contribution is -0.123. The van der Waals surface area contributed by atoms with Gasteiger partial charge in [-0.25, -0.2) is 4.39 Å². The van der Waals surface area contributed by atoms with Crippen LogP contribution in [-0.2, 0) is 11.3 Å². The summed E-state index contributed by atoms with van der Waals surface area (Å²) >= 11 is 0. The molecule has 2 N–H and O–H groups in total. The van der Waals surface area contributed by atoms with Crippen molar-refractivity contribution in [2.45, 2.75) is 39.3 Å². The summed E-state index contributed by atoms with van der Waals surface area (Å²) in [7, 11) is 0. The lowest BCUT2D eigenvalue weighted by atomic mass is 10.2. The number of benzene rings is 1. The molecule has 1 saturated carbocycles. The highest BCUT2D eigenvalue weighted by molar-refractivity contribution is 5.77. The smallest absolute Gasteiger partial charge is 0.257 e. The van der Waals surface area contributed by atoms with Gasteiger partial charge in [0.1, 0.15) is 11.6 Å². The SMILES string of the molecule is CC(C)NCc1cc(F)cc(OCC(=O)NCC2CC2)c1. The summed E-state index contributed by atoms with van der Waals surface area (Å²) in [5, 5.41) is 6.03. The van der Waals surface area contributed by atoms with Crippen LogP contribution in [0.25, 0.3) is 0 Å². The van der Waals surface area contributed by atoms with E-state index in [-0.39, 0.29) is 18.3 Å². The van der Waals surface area contributed by atoms with Crippen molar-refractivity contribution >= 4 is 5.91 Å². The predicted molar refractivity (Wildman–Crippen MR) is 79.6 cm³/mol. The largest absolute Gasteiger partial charge is 0.484 e. The molecule has 1 aliphatic carbocycles. The molecule has 0 unspecified atom stereocenters. The van der Waals surface area contributed by atoms with Gasteiger partial charge in [-0.1, -0.05) is 13.8 Å². The minimum Gasteiger partial charge on any atom is -0.484 e. The summed E-state index contributed by atoms with van der Waals surface area (Å²) in [5.74, 6) is 0.508. The molecule has 2 rings (SSSR count). The first-order valence-electron chi connectivity index (χ1n) is 7.45. The first-order chi connectivity index (χ1) is 10.0. The number of halogens is 1. The number of rotatable bonds is 8. The van der Waals surface area contributed by atoms with E-state index in [4.69, 9.17) is 4.74 Å². The Balaban J connectivity index is 1.81. The van der Waals surface area contributed by atoms with Crippen LogP contribution in [0.5, 0.6) is 5.75 Å². The Morgan fingerprint density at radius 1 is 1.38 bits per heavy atom. The van der Waals surface area contributed by atoms with Crippen LogP contribution in [0, 0.1) is 11.7 Å². The molecule has 0 aromatic heterocycles. The van der Waals surface area contributed by atoms with Crippen molar-refractivity contribution in [2.75, 3.05) is 13.2 Å². The molecule has 116 valence electrons. The van der Waals surface area contributed by atoms with Crippen LogP contribution in [0.4, 0.5) is 4.39 Å². The third-order valence-corrected chi connectivity index (χ3v) is 3.30. The summed E-state index contributed by atoms with van der Waals surface area (Å²) in [6, 6.07) is 4.85. The minimum absolute atomic E-state index is 0.0762. The molecule has 1 aliphatic rings. The highest BCUT2D eigenvalue weighted by atomic mass is 19.1. The van der Waals surface area contributed by atoms with Gasteiger partial charge in [-0.15, -0.1) is 0 Å². The van der Waals surface area contributed by atoms with Crippen LogP contribution in [0.1, 0.15) is 32.3 Å². The average Bonchev–Trinajstić information content (AvgIpc) is 3.24. The summed E-state index contributed by atoms with van der Waals surface area (Å²) in [4.78, 5) is 11.6. The molecule has 1 amide bonds. The van der Waals surface area contributed by atoms with Crippen molar-refractivity contribution in [3.63, 3.8) is 0 Å². The van der Waals surface area contributed by atoms with Crippen molar-refractivity contribution < 1.29 is 13.9 Å². The molecule has 5 heteroatoms. The zero-order valence-corrected chi connectivity index (χ0v) is 12.6. The minimum atomic E-state index is -0.355. The Morgan fingerprint density at radius 2 is 2.14 bits per heavy atom. The van der Waals surface area contributed by atoms with Gasteiger partial charge in [0.05, 0.1) is 0 Å². The highest BCUT2D eigenvalue weighted by Gasteiger charge is 2.21. The molecular formula is C16H23FN2O2. The van der Waals surface area contributed by atoms with E-state index in [0.29, 0.717) is 24.3 Å². The van der Waals surface area contributed by atoms with Gasteiger partial charge < -0.3 is 15.4 Å². The standard InChI is InChI=1S/C16H23FN2O2/c1-11(2)18-9-13-5-14(17)7-15(6-13)21-10-16(20)19-8-12-3-4-12/h5-7,11-12,18H,3-4,8-10H2,1-2H3,(H,19,20). The molecule has 0 bridgehead atoms. The summed E-state index contributed by atoms with van der Waals surface area (Å²) in [6.45, 7) is 5.27. The Kier molecular flexibility index (Phi) is 5.56. The molecule has 0 saturated heterocycles. The normalized spacial score (nSPS) is 14.3. The second kappa shape index (κ2) is 7.41. The molecule has 0 radical (unpaired) electrons. The third kappa shape index (κ3) is 6.12. The van der Waals surface area contributed by atoms with Gasteiger partial charge in [-0.3, -0.25) is 4.79 Å². The van der Waals surface area contributed by atoms with Crippen molar-refractivity contribution in [3.8, 4) is 5.75 Å². The van der Waals surface area contributed by atoms with Gasteiger partial charge in [0.2, 0.25) is 0 Å². The van der Waals surface area contributed by atoms with Gasteiger partial charge in [0, 0.05) is 25.2 Å².